The van der Waals surface area contributed by atoms with Gasteiger partial charge in [0, 0.05) is 29.2 Å². The van der Waals surface area contributed by atoms with Crippen LogP contribution in [0.1, 0.15) is 68.1 Å². The Hall–Kier alpha value is -4.04. The number of anilines is 1. The Kier molecular flexibility index (Phi) is 7.52. The van der Waals surface area contributed by atoms with E-state index >= 15 is 0 Å². The van der Waals surface area contributed by atoms with Gasteiger partial charge in [-0.2, -0.15) is 0 Å². The molecular formula is C34H38N2O8. The van der Waals surface area contributed by atoms with E-state index < -0.39 is 63.9 Å². The van der Waals surface area contributed by atoms with Crippen molar-refractivity contribution in [1.82, 2.24) is 0 Å². The molecule has 2 amide bonds. The number of carbonyl (C=O) groups is 4. The zero-order valence-corrected chi connectivity index (χ0v) is 25.3. The van der Waals surface area contributed by atoms with E-state index in [-0.39, 0.29) is 36.0 Å². The molecule has 8 atom stereocenters. The lowest BCUT2D eigenvalue weighted by atomic mass is 9.39. The first kappa shape index (κ1) is 31.4. The summed E-state index contributed by atoms with van der Waals surface area (Å²) in [5.41, 5.74) is 2.69. The van der Waals surface area contributed by atoms with E-state index in [2.05, 4.69) is 17.2 Å². The number of nitrogens with two attached hydrogens (primary N) is 1. The molecule has 2 saturated carbocycles. The summed E-state index contributed by atoms with van der Waals surface area (Å²) < 4.78 is 0. The number of nitrogens with one attached hydrogen (secondary N) is 1. The standard InChI is InChI=1S/C34H38N2O8/c1-16(2)25-28(40)24(31(35)43)29(41)34(44)30(42)26-27(39)23-21(14-32(26,4)15-33(25,34)5)19(10-13-22(23)38)9-6-18-7-11-20(12-8-18)36-17(3)37/h7-8,10-13,16,24-26,28,30,38,40,42,44H,14-15H2,1-5H3,(H2,35,43)(H,36,37)/t24-,25+,26-,28?,30?,32-,33-,34+/m1/s1. The lowest BCUT2D eigenvalue weighted by Crippen LogP contribution is -2.79. The van der Waals surface area contributed by atoms with Gasteiger partial charge in [-0.15, -0.1) is 0 Å². The van der Waals surface area contributed by atoms with Crippen LogP contribution in [-0.4, -0.2) is 61.6 Å². The van der Waals surface area contributed by atoms with Gasteiger partial charge in [-0.3, -0.25) is 19.2 Å². The van der Waals surface area contributed by atoms with Gasteiger partial charge in [-0.05, 0) is 72.1 Å². The maximum Gasteiger partial charge on any atom is 0.230 e. The molecule has 0 aromatic heterocycles. The lowest BCUT2D eigenvalue weighted by Gasteiger charge is -2.66. The van der Waals surface area contributed by atoms with Crippen molar-refractivity contribution >= 4 is 29.1 Å². The van der Waals surface area contributed by atoms with Crippen molar-refractivity contribution in [3.05, 3.63) is 58.7 Å². The van der Waals surface area contributed by atoms with Crippen LogP contribution in [0, 0.1) is 46.3 Å². The molecule has 3 aliphatic rings. The minimum atomic E-state index is -2.56. The SMILES string of the molecule is CC(=O)Nc1ccc(C#Cc2ccc(O)c3c2C[C@]2(C)C[C@]4(C)[C@@H](C(C)C)C(O)[C@@H](C(N)=O)C(=O)[C@]4(O)C(O)[C@H]2C3=O)cc1. The molecule has 2 fully saturated rings. The second-order valence-corrected chi connectivity index (χ2v) is 13.5. The third-order valence-electron chi connectivity index (χ3n) is 10.2. The molecule has 0 spiro atoms. The largest absolute Gasteiger partial charge is 0.507 e. The maximum atomic E-state index is 14.2. The van der Waals surface area contributed by atoms with E-state index in [9.17, 15) is 39.6 Å². The quantitative estimate of drug-likeness (QED) is 0.227. The fourth-order valence-electron chi connectivity index (χ4n) is 8.63. The number of aliphatic hydroxyl groups is 3. The molecule has 10 nitrogen and oxygen atoms in total. The molecule has 7 N–H and O–H groups in total. The summed E-state index contributed by atoms with van der Waals surface area (Å²) >= 11 is 0. The van der Waals surface area contributed by atoms with E-state index in [0.29, 0.717) is 22.4 Å². The van der Waals surface area contributed by atoms with Gasteiger partial charge >= 0.3 is 0 Å². The molecule has 3 aliphatic carbocycles. The van der Waals surface area contributed by atoms with Crippen molar-refractivity contribution in [2.45, 2.75) is 65.3 Å². The molecular weight excluding hydrogens is 564 g/mol. The topological polar surface area (TPSA) is 187 Å². The van der Waals surface area contributed by atoms with Crippen molar-refractivity contribution in [3.8, 4) is 17.6 Å². The summed E-state index contributed by atoms with van der Waals surface area (Å²) in [5, 5.41) is 48.9. The average Bonchev–Trinajstić information content (AvgIpc) is 2.90. The Labute approximate surface area is 255 Å². The summed E-state index contributed by atoms with van der Waals surface area (Å²) in [6.07, 6.45) is -3.21. The number of primary amides is 1. The van der Waals surface area contributed by atoms with Crippen molar-refractivity contribution in [2.24, 2.45) is 40.2 Å². The van der Waals surface area contributed by atoms with E-state index in [4.69, 9.17) is 5.73 Å². The molecule has 10 heteroatoms. The highest BCUT2D eigenvalue weighted by Crippen LogP contribution is 2.65. The lowest BCUT2D eigenvalue weighted by molar-refractivity contribution is -0.265. The molecule has 5 rings (SSSR count). The van der Waals surface area contributed by atoms with Crippen LogP contribution in [-0.2, 0) is 20.8 Å². The van der Waals surface area contributed by atoms with Crippen LogP contribution in [0.3, 0.4) is 0 Å². The molecule has 0 heterocycles. The van der Waals surface area contributed by atoms with E-state index in [1.54, 1.807) is 58.0 Å². The third-order valence-corrected chi connectivity index (χ3v) is 10.2. The Morgan fingerprint density at radius 3 is 2.25 bits per heavy atom. The number of fused-ring (bicyclic) bond motifs is 3. The monoisotopic (exact) mass is 602 g/mol. The Bertz CT molecular complexity index is 1640. The molecule has 2 aromatic rings. The van der Waals surface area contributed by atoms with E-state index in [0.717, 1.165) is 0 Å². The number of rotatable bonds is 3. The highest BCUT2D eigenvalue weighted by atomic mass is 16.4. The first-order chi connectivity index (χ1) is 20.5. The van der Waals surface area contributed by atoms with Crippen LogP contribution in [0.25, 0.3) is 0 Å². The van der Waals surface area contributed by atoms with Gasteiger partial charge in [0.15, 0.2) is 17.2 Å². The van der Waals surface area contributed by atoms with Crippen molar-refractivity contribution in [3.63, 3.8) is 0 Å². The van der Waals surface area contributed by atoms with E-state index in [1.807, 2.05) is 0 Å². The van der Waals surface area contributed by atoms with Crippen LogP contribution in [0.5, 0.6) is 5.75 Å². The first-order valence-electron chi connectivity index (χ1n) is 14.7. The normalized spacial score (nSPS) is 34.2. The molecule has 0 bridgehead atoms. The van der Waals surface area contributed by atoms with Gasteiger partial charge in [0.1, 0.15) is 17.8 Å². The number of Topliss-reactive ketones (excluding diaryl/α,β-unsaturated/α-hetero) is 2. The van der Waals surface area contributed by atoms with Crippen LogP contribution in [0.15, 0.2) is 36.4 Å². The maximum absolute atomic E-state index is 14.2. The molecule has 2 unspecified atom stereocenters. The minimum absolute atomic E-state index is 0.0401. The number of phenols is 1. The number of aliphatic hydroxyl groups excluding tert-OH is 2. The van der Waals surface area contributed by atoms with Gasteiger partial charge in [-0.25, -0.2) is 0 Å². The van der Waals surface area contributed by atoms with Gasteiger partial charge in [-0.1, -0.05) is 39.5 Å². The first-order valence-corrected chi connectivity index (χ1v) is 14.7. The van der Waals surface area contributed by atoms with Crippen molar-refractivity contribution in [1.29, 1.82) is 0 Å². The van der Waals surface area contributed by atoms with Crippen LogP contribution < -0.4 is 11.1 Å². The van der Waals surface area contributed by atoms with Crippen LogP contribution >= 0.6 is 0 Å². The number of hydrogen-bond acceptors (Lipinski definition) is 8. The summed E-state index contributed by atoms with van der Waals surface area (Å²) in [6.45, 7) is 8.42. The second-order valence-electron chi connectivity index (χ2n) is 13.5. The Morgan fingerprint density at radius 2 is 1.68 bits per heavy atom. The van der Waals surface area contributed by atoms with Gasteiger partial charge < -0.3 is 31.5 Å². The molecule has 44 heavy (non-hydrogen) atoms. The molecule has 232 valence electrons. The zero-order chi connectivity index (χ0) is 32.5. The highest BCUT2D eigenvalue weighted by molar-refractivity contribution is 6.09. The van der Waals surface area contributed by atoms with Gasteiger partial charge in [0.25, 0.3) is 0 Å². The summed E-state index contributed by atoms with van der Waals surface area (Å²) in [7, 11) is 0. The number of amides is 2. The van der Waals surface area contributed by atoms with Crippen molar-refractivity contribution in [2.75, 3.05) is 5.32 Å². The van der Waals surface area contributed by atoms with Crippen LogP contribution in [0.2, 0.25) is 0 Å². The number of benzene rings is 2. The Balaban J connectivity index is 1.62. The number of carbonyl (C=O) groups excluding carboxylic acids is 4. The Morgan fingerprint density at radius 1 is 1.05 bits per heavy atom. The third kappa shape index (κ3) is 4.45. The highest BCUT2D eigenvalue weighted by Gasteiger charge is 2.75. The fourth-order valence-corrected chi connectivity index (χ4v) is 8.63. The van der Waals surface area contributed by atoms with Crippen molar-refractivity contribution < 1.29 is 39.6 Å². The molecule has 0 saturated heterocycles. The zero-order valence-electron chi connectivity index (χ0n) is 25.3. The molecule has 2 aromatic carbocycles. The minimum Gasteiger partial charge on any atom is -0.507 e. The van der Waals surface area contributed by atoms with Gasteiger partial charge in [0.2, 0.25) is 11.8 Å². The summed E-state index contributed by atoms with van der Waals surface area (Å²) in [4.78, 5) is 51.7. The summed E-state index contributed by atoms with van der Waals surface area (Å²) in [5.74, 6) is -1.43. The number of aromatic hydroxyl groups is 1. The second kappa shape index (κ2) is 10.5. The van der Waals surface area contributed by atoms with E-state index in [1.165, 1.54) is 13.0 Å². The molecule has 0 aliphatic heterocycles. The number of hydrogen-bond donors (Lipinski definition) is 6. The predicted molar refractivity (Wildman–Crippen MR) is 160 cm³/mol. The smallest absolute Gasteiger partial charge is 0.230 e. The van der Waals surface area contributed by atoms with Crippen LogP contribution in [0.4, 0.5) is 5.69 Å². The molecule has 0 radical (unpaired) electrons. The fraction of sp³-hybridized carbons (Fsp3) is 0.471. The number of phenolic OH excluding ortho intramolecular Hbond substituents is 1. The summed E-state index contributed by atoms with van der Waals surface area (Å²) in [6, 6.07) is 9.87. The van der Waals surface area contributed by atoms with Gasteiger partial charge in [0.05, 0.1) is 17.6 Å². The predicted octanol–water partition coefficient (Wildman–Crippen LogP) is 1.93. The average molecular weight is 603 g/mol. The number of ketones is 2.